The van der Waals surface area contributed by atoms with Crippen molar-refractivity contribution in [3.8, 4) is 11.5 Å². The maximum absolute atomic E-state index is 12.7. The minimum atomic E-state index is -0.290. The molecule has 0 amide bonds. The van der Waals surface area contributed by atoms with Gasteiger partial charge in [-0.2, -0.15) is 0 Å². The third-order valence-corrected chi connectivity index (χ3v) is 4.94. The number of methoxy groups -OCH3 is 2. The second kappa shape index (κ2) is 7.36. The van der Waals surface area contributed by atoms with Crippen LogP contribution in [0.3, 0.4) is 0 Å². The normalized spacial score (nSPS) is 15.2. The van der Waals surface area contributed by atoms with E-state index in [2.05, 4.69) is 15.3 Å². The molecule has 1 aromatic heterocycles. The highest BCUT2D eigenvalue weighted by Gasteiger charge is 2.27. The highest BCUT2D eigenvalue weighted by atomic mass is 32.1. The molecule has 0 spiro atoms. The van der Waals surface area contributed by atoms with Crippen LogP contribution < -0.4 is 20.3 Å². The van der Waals surface area contributed by atoms with Crippen molar-refractivity contribution in [2.75, 3.05) is 19.5 Å². The minimum Gasteiger partial charge on any atom is -0.493 e. The first kappa shape index (κ1) is 18.1. The Labute approximate surface area is 166 Å². The van der Waals surface area contributed by atoms with E-state index in [0.717, 1.165) is 16.8 Å². The summed E-state index contributed by atoms with van der Waals surface area (Å²) in [5.74, 6) is 1.54. The Morgan fingerprint density at radius 3 is 2.43 bits per heavy atom. The van der Waals surface area contributed by atoms with Crippen LogP contribution >= 0.6 is 12.2 Å². The van der Waals surface area contributed by atoms with E-state index in [1.807, 2.05) is 54.6 Å². The number of fused-ring (bicyclic) bond motifs is 1. The van der Waals surface area contributed by atoms with E-state index in [4.69, 9.17) is 21.7 Å². The molecule has 3 N–H and O–H groups in total. The van der Waals surface area contributed by atoms with E-state index in [1.54, 1.807) is 14.2 Å². The second-order valence-corrected chi connectivity index (χ2v) is 6.77. The van der Waals surface area contributed by atoms with Gasteiger partial charge in [-0.3, -0.25) is 9.78 Å². The van der Waals surface area contributed by atoms with Crippen molar-refractivity contribution in [2.45, 2.75) is 5.92 Å². The predicted molar refractivity (Wildman–Crippen MR) is 112 cm³/mol. The second-order valence-electron chi connectivity index (χ2n) is 6.36. The van der Waals surface area contributed by atoms with Crippen LogP contribution in [-0.4, -0.2) is 24.2 Å². The zero-order chi connectivity index (χ0) is 19.7. The van der Waals surface area contributed by atoms with Gasteiger partial charge in [-0.05, 0) is 41.6 Å². The molecule has 1 aliphatic rings. The zero-order valence-electron chi connectivity index (χ0n) is 15.4. The third-order valence-electron chi connectivity index (χ3n) is 4.74. The summed E-state index contributed by atoms with van der Waals surface area (Å²) in [6.07, 6.45) is 2.03. The fraction of sp³-hybridized carbons (Fsp3) is 0.143. The third kappa shape index (κ3) is 3.20. The van der Waals surface area contributed by atoms with E-state index < -0.39 is 0 Å². The van der Waals surface area contributed by atoms with Crippen LogP contribution in [0.4, 0.5) is 5.82 Å². The molecule has 0 saturated heterocycles. The Hall–Kier alpha value is -3.32. The van der Waals surface area contributed by atoms with Gasteiger partial charge in [0.2, 0.25) is 0 Å². The van der Waals surface area contributed by atoms with Crippen molar-refractivity contribution >= 4 is 23.7 Å². The van der Waals surface area contributed by atoms with Crippen LogP contribution in [0, 0.1) is 4.77 Å². The number of aromatic nitrogens is 2. The monoisotopic (exact) mass is 393 g/mol. The van der Waals surface area contributed by atoms with Crippen molar-refractivity contribution in [2.24, 2.45) is 0 Å². The van der Waals surface area contributed by atoms with Crippen molar-refractivity contribution in [1.82, 2.24) is 9.97 Å². The van der Waals surface area contributed by atoms with Gasteiger partial charge in [0.1, 0.15) is 5.82 Å². The molecule has 1 unspecified atom stereocenters. The highest BCUT2D eigenvalue weighted by molar-refractivity contribution is 7.71. The van der Waals surface area contributed by atoms with Gasteiger partial charge in [-0.25, -0.2) is 0 Å². The molecule has 4 rings (SSSR count). The topological polar surface area (TPSA) is 79.1 Å². The van der Waals surface area contributed by atoms with Gasteiger partial charge >= 0.3 is 0 Å². The van der Waals surface area contributed by atoms with Crippen LogP contribution in [0.5, 0.6) is 11.5 Å². The lowest BCUT2D eigenvalue weighted by molar-refractivity contribution is 0.354. The van der Waals surface area contributed by atoms with E-state index in [0.29, 0.717) is 22.9 Å². The van der Waals surface area contributed by atoms with Gasteiger partial charge < -0.3 is 19.8 Å². The molecule has 6 nitrogen and oxygen atoms in total. The first-order chi connectivity index (χ1) is 13.6. The SMILES string of the molecule is COc1ccc(C2C=C(c3ccccc3)Nc3[nH]c(=S)[nH]c(=O)c32)cc1OC. The molecular weight excluding hydrogens is 374 g/mol. The van der Waals surface area contributed by atoms with Gasteiger partial charge in [0.05, 0.1) is 19.8 Å². The summed E-state index contributed by atoms with van der Waals surface area (Å²) in [5.41, 5.74) is 3.15. The van der Waals surface area contributed by atoms with E-state index >= 15 is 0 Å². The highest BCUT2D eigenvalue weighted by Crippen LogP contribution is 2.39. The summed E-state index contributed by atoms with van der Waals surface area (Å²) in [5, 5.41) is 3.31. The lowest BCUT2D eigenvalue weighted by Crippen LogP contribution is -2.24. The number of H-pyrrole nitrogens is 2. The summed E-state index contributed by atoms with van der Waals surface area (Å²) in [7, 11) is 3.18. The number of hydrogen-bond acceptors (Lipinski definition) is 5. The number of hydrogen-bond donors (Lipinski definition) is 3. The van der Waals surface area contributed by atoms with Crippen molar-refractivity contribution in [3.05, 3.63) is 86.4 Å². The molecule has 28 heavy (non-hydrogen) atoms. The number of aromatic amines is 2. The molecule has 2 aromatic carbocycles. The number of anilines is 1. The maximum Gasteiger partial charge on any atom is 0.257 e. The number of benzene rings is 2. The van der Waals surface area contributed by atoms with Crippen LogP contribution in [0.25, 0.3) is 5.70 Å². The number of allylic oxidation sites excluding steroid dienone is 1. The van der Waals surface area contributed by atoms with Crippen LogP contribution in [-0.2, 0) is 0 Å². The van der Waals surface area contributed by atoms with Gasteiger partial charge in [0.25, 0.3) is 5.56 Å². The quantitative estimate of drug-likeness (QED) is 0.583. The Morgan fingerprint density at radius 1 is 0.964 bits per heavy atom. The van der Waals surface area contributed by atoms with E-state index in [1.165, 1.54) is 0 Å². The average Bonchev–Trinajstić information content (AvgIpc) is 2.72. The summed E-state index contributed by atoms with van der Waals surface area (Å²) in [6, 6.07) is 15.6. The predicted octanol–water partition coefficient (Wildman–Crippen LogP) is 4.05. The molecule has 7 heteroatoms. The minimum absolute atomic E-state index is 0.227. The molecule has 0 radical (unpaired) electrons. The Kier molecular flexibility index (Phi) is 4.75. The summed E-state index contributed by atoms with van der Waals surface area (Å²) in [4.78, 5) is 18.5. The lowest BCUT2D eigenvalue weighted by atomic mass is 9.88. The molecule has 1 atom stereocenters. The first-order valence-electron chi connectivity index (χ1n) is 8.73. The molecule has 0 fully saturated rings. The molecule has 0 saturated carbocycles. The van der Waals surface area contributed by atoms with Crippen LogP contribution in [0.1, 0.15) is 22.6 Å². The standard InChI is InChI=1S/C21H19N3O3S/c1-26-16-9-8-13(10-17(16)27-2)14-11-15(12-6-4-3-5-7-12)22-19-18(14)20(25)24-21(28)23-19/h3-11,14H,1-2H3,(H3,22,23,24,25,28). The molecule has 0 bridgehead atoms. The largest absolute Gasteiger partial charge is 0.493 e. The van der Waals surface area contributed by atoms with Gasteiger partial charge in [-0.1, -0.05) is 36.4 Å². The Balaban J connectivity index is 1.92. The molecular formula is C21H19N3O3S. The fourth-order valence-corrected chi connectivity index (χ4v) is 3.61. The van der Waals surface area contributed by atoms with E-state index in [-0.39, 0.29) is 16.2 Å². The summed E-state index contributed by atoms with van der Waals surface area (Å²) >= 11 is 5.16. The Morgan fingerprint density at radius 2 is 1.71 bits per heavy atom. The summed E-state index contributed by atoms with van der Waals surface area (Å²) < 4.78 is 11.1. The van der Waals surface area contributed by atoms with E-state index in [9.17, 15) is 4.79 Å². The summed E-state index contributed by atoms with van der Waals surface area (Å²) in [6.45, 7) is 0. The van der Waals surface area contributed by atoms with Crippen molar-refractivity contribution in [1.29, 1.82) is 0 Å². The number of rotatable bonds is 4. The average molecular weight is 393 g/mol. The molecule has 0 aliphatic carbocycles. The van der Waals surface area contributed by atoms with Gasteiger partial charge in [0.15, 0.2) is 16.3 Å². The first-order valence-corrected chi connectivity index (χ1v) is 9.14. The molecule has 3 aromatic rings. The molecule has 142 valence electrons. The smallest absolute Gasteiger partial charge is 0.257 e. The molecule has 1 aliphatic heterocycles. The van der Waals surface area contributed by atoms with Crippen molar-refractivity contribution in [3.63, 3.8) is 0 Å². The number of ether oxygens (including phenoxy) is 2. The number of nitrogens with one attached hydrogen (secondary N) is 3. The molecule has 2 heterocycles. The maximum atomic E-state index is 12.7. The van der Waals surface area contributed by atoms with Gasteiger partial charge in [-0.15, -0.1) is 0 Å². The fourth-order valence-electron chi connectivity index (χ4n) is 3.41. The van der Waals surface area contributed by atoms with Gasteiger partial charge in [0, 0.05) is 11.6 Å². The lowest BCUT2D eigenvalue weighted by Gasteiger charge is -2.26. The van der Waals surface area contributed by atoms with Crippen LogP contribution in [0.2, 0.25) is 0 Å². The zero-order valence-corrected chi connectivity index (χ0v) is 16.2. The van der Waals surface area contributed by atoms with Crippen molar-refractivity contribution < 1.29 is 9.47 Å². The van der Waals surface area contributed by atoms with Crippen LogP contribution in [0.15, 0.2) is 59.4 Å². The Bertz CT molecular complexity index is 1170.